The van der Waals surface area contributed by atoms with Gasteiger partial charge >= 0.3 is 12.1 Å². The van der Waals surface area contributed by atoms with Gasteiger partial charge in [-0.2, -0.15) is 13.2 Å². The lowest BCUT2D eigenvalue weighted by Crippen LogP contribution is -2.40. The number of aromatic nitrogens is 3. The van der Waals surface area contributed by atoms with Gasteiger partial charge in [0.25, 0.3) is 5.56 Å². The van der Waals surface area contributed by atoms with E-state index < -0.39 is 12.1 Å². The number of alkyl halides is 3. The van der Waals surface area contributed by atoms with Gasteiger partial charge in [0.05, 0.1) is 5.69 Å². The summed E-state index contributed by atoms with van der Waals surface area (Å²) in [6.07, 6.45) is -1.72. The number of aryl methyl sites for hydroxylation is 1. The Morgan fingerprint density at radius 3 is 2.57 bits per heavy atom. The van der Waals surface area contributed by atoms with Gasteiger partial charge in [0.2, 0.25) is 0 Å². The highest BCUT2D eigenvalue weighted by molar-refractivity contribution is 5.81. The topological polar surface area (TPSA) is 68.4 Å². The Bertz CT molecular complexity index is 1060. The van der Waals surface area contributed by atoms with E-state index in [2.05, 4.69) is 4.98 Å². The Hall–Kier alpha value is -2.58. The van der Waals surface area contributed by atoms with E-state index in [1.165, 1.54) is 0 Å². The normalized spacial score (nSPS) is 20.9. The van der Waals surface area contributed by atoms with Gasteiger partial charge in [0, 0.05) is 13.1 Å². The number of nitrogens with one attached hydrogen (secondary N) is 1. The average molecular weight is 394 g/mol. The molecule has 4 rings (SSSR count). The lowest BCUT2D eigenvalue weighted by atomic mass is 9.82. The van der Waals surface area contributed by atoms with Gasteiger partial charge in [-0.15, -0.1) is 0 Å². The predicted octanol–water partition coefficient (Wildman–Crippen LogP) is 2.88. The van der Waals surface area contributed by atoms with Crippen LogP contribution >= 0.6 is 0 Å². The Balaban J connectivity index is 1.42. The summed E-state index contributed by atoms with van der Waals surface area (Å²) >= 11 is 0. The Morgan fingerprint density at radius 1 is 1.21 bits per heavy atom. The van der Waals surface area contributed by atoms with Crippen LogP contribution < -0.4 is 10.9 Å². The summed E-state index contributed by atoms with van der Waals surface area (Å²) in [5.41, 5.74) is 2.84. The highest BCUT2D eigenvalue weighted by Gasteiger charge is 2.38. The van der Waals surface area contributed by atoms with Crippen LogP contribution in [0.4, 0.5) is 13.2 Å². The third-order valence-electron chi connectivity index (χ3n) is 5.74. The van der Waals surface area contributed by atoms with Gasteiger partial charge in [-0.3, -0.25) is 18.6 Å². The molecule has 150 valence electrons. The number of nitrogens with zero attached hydrogens (tertiary/aromatic N) is 3. The van der Waals surface area contributed by atoms with E-state index in [0.717, 1.165) is 37.0 Å². The number of halogens is 3. The molecule has 1 aliphatic rings. The maximum Gasteiger partial charge on any atom is 0.471 e. The number of rotatable bonds is 4. The molecule has 0 unspecified atom stereocenters. The summed E-state index contributed by atoms with van der Waals surface area (Å²) in [5, 5.41) is 1.98. The van der Waals surface area contributed by atoms with Crippen LogP contribution in [0.3, 0.4) is 0 Å². The van der Waals surface area contributed by atoms with Crippen molar-refractivity contribution in [2.24, 2.45) is 11.8 Å². The van der Waals surface area contributed by atoms with Crippen LogP contribution in [0.1, 0.15) is 31.4 Å². The number of carbonyl (C=O) groups excluding carboxylic acids is 1. The zero-order chi connectivity index (χ0) is 20.1. The number of hydrogen-bond donors (Lipinski definition) is 1. The van der Waals surface area contributed by atoms with Crippen LogP contribution in [0.2, 0.25) is 0 Å². The quantitative estimate of drug-likeness (QED) is 0.740. The summed E-state index contributed by atoms with van der Waals surface area (Å²) in [6, 6.07) is 5.66. The third-order valence-corrected chi connectivity index (χ3v) is 5.74. The van der Waals surface area contributed by atoms with Crippen molar-refractivity contribution in [3.63, 3.8) is 0 Å². The van der Waals surface area contributed by atoms with E-state index >= 15 is 0 Å². The smallest absolute Gasteiger partial charge is 0.348 e. The molecule has 0 saturated heterocycles. The molecular formula is C19H21F3N4O2. The zero-order valence-corrected chi connectivity index (χ0v) is 15.4. The predicted molar refractivity (Wildman–Crippen MR) is 97.4 cm³/mol. The molecule has 1 amide bonds. The van der Waals surface area contributed by atoms with Gasteiger partial charge in [0.1, 0.15) is 16.8 Å². The van der Waals surface area contributed by atoms with Crippen LogP contribution in [0.5, 0.6) is 0 Å². The fourth-order valence-electron chi connectivity index (χ4n) is 4.27. The van der Waals surface area contributed by atoms with Crippen LogP contribution in [-0.2, 0) is 11.3 Å². The van der Waals surface area contributed by atoms with Crippen LogP contribution in [0.15, 0.2) is 23.0 Å². The molecule has 1 saturated carbocycles. The van der Waals surface area contributed by atoms with E-state index in [4.69, 9.17) is 0 Å². The van der Waals surface area contributed by atoms with Crippen molar-refractivity contribution >= 4 is 22.7 Å². The first kappa shape index (κ1) is 18.8. The van der Waals surface area contributed by atoms with Gasteiger partial charge in [-0.1, -0.05) is 6.07 Å². The van der Waals surface area contributed by atoms with E-state index in [0.29, 0.717) is 17.8 Å². The van der Waals surface area contributed by atoms with Crippen molar-refractivity contribution in [2.45, 2.75) is 45.3 Å². The molecule has 1 aliphatic carbocycles. The largest absolute Gasteiger partial charge is 0.471 e. The lowest BCUT2D eigenvalue weighted by Gasteiger charge is -2.29. The number of pyridine rings is 1. The van der Waals surface area contributed by atoms with Crippen molar-refractivity contribution in [2.75, 3.05) is 6.54 Å². The molecule has 0 spiro atoms. The van der Waals surface area contributed by atoms with Crippen molar-refractivity contribution in [1.29, 1.82) is 0 Å². The highest BCUT2D eigenvalue weighted by atomic mass is 19.4. The molecule has 0 aromatic carbocycles. The molecule has 28 heavy (non-hydrogen) atoms. The SMILES string of the molecule is Cc1nc2cccc3n(CC4CCC(CNC(=O)C(F)(F)F)CC4)c(=O)c1n23. The first-order valence-corrected chi connectivity index (χ1v) is 9.40. The molecule has 3 aromatic rings. The average Bonchev–Trinajstić information content (AvgIpc) is 3.13. The van der Waals surface area contributed by atoms with Crippen LogP contribution in [0, 0.1) is 18.8 Å². The summed E-state index contributed by atoms with van der Waals surface area (Å²) in [4.78, 5) is 28.2. The minimum absolute atomic E-state index is 0.0421. The first-order chi connectivity index (χ1) is 13.3. The van der Waals surface area contributed by atoms with Crippen molar-refractivity contribution < 1.29 is 18.0 Å². The molecule has 3 aromatic heterocycles. The molecule has 6 nitrogen and oxygen atoms in total. The molecule has 0 radical (unpaired) electrons. The van der Waals surface area contributed by atoms with E-state index in [-0.39, 0.29) is 23.9 Å². The fourth-order valence-corrected chi connectivity index (χ4v) is 4.27. The second kappa shape index (κ2) is 6.79. The molecule has 0 atom stereocenters. The maximum absolute atomic E-state index is 12.9. The summed E-state index contributed by atoms with van der Waals surface area (Å²) in [7, 11) is 0. The van der Waals surface area contributed by atoms with Crippen LogP contribution in [-0.4, -0.2) is 32.6 Å². The third kappa shape index (κ3) is 3.22. The van der Waals surface area contributed by atoms with Gasteiger partial charge in [-0.05, 0) is 56.6 Å². The highest BCUT2D eigenvalue weighted by Crippen LogP contribution is 2.30. The molecule has 0 bridgehead atoms. The summed E-state index contributed by atoms with van der Waals surface area (Å²) in [5.74, 6) is -1.55. The molecule has 1 N–H and O–H groups in total. The summed E-state index contributed by atoms with van der Waals surface area (Å²) in [6.45, 7) is 2.46. The Labute approximate surface area is 158 Å². The zero-order valence-electron chi connectivity index (χ0n) is 15.4. The van der Waals surface area contributed by atoms with Crippen molar-refractivity contribution in [3.8, 4) is 0 Å². The van der Waals surface area contributed by atoms with Crippen molar-refractivity contribution in [1.82, 2.24) is 19.3 Å². The standard InChI is InChI=1S/C19H21F3N4O2/c1-11-16-17(27)25(15-4-2-3-14(24-11)26(15)16)10-13-7-5-12(6-8-13)9-23-18(28)19(20,21)22/h2-4,12-13H,5-10H2,1H3,(H,23,28). The van der Waals surface area contributed by atoms with Crippen molar-refractivity contribution in [3.05, 3.63) is 34.2 Å². The second-order valence-electron chi connectivity index (χ2n) is 7.63. The molecule has 9 heteroatoms. The molecule has 1 fully saturated rings. The van der Waals surface area contributed by atoms with E-state index in [1.807, 2.05) is 34.8 Å². The summed E-state index contributed by atoms with van der Waals surface area (Å²) < 4.78 is 40.5. The minimum Gasteiger partial charge on any atom is -0.348 e. The van der Waals surface area contributed by atoms with Gasteiger partial charge in [-0.25, -0.2) is 4.98 Å². The van der Waals surface area contributed by atoms with Gasteiger partial charge < -0.3 is 5.32 Å². The fraction of sp³-hybridized carbons (Fsp3) is 0.526. The second-order valence-corrected chi connectivity index (χ2v) is 7.63. The number of imidazole rings is 2. The molecule has 0 aliphatic heterocycles. The Kier molecular flexibility index (Phi) is 4.55. The monoisotopic (exact) mass is 394 g/mol. The van der Waals surface area contributed by atoms with E-state index in [1.54, 1.807) is 4.57 Å². The lowest BCUT2D eigenvalue weighted by molar-refractivity contribution is -0.173. The van der Waals surface area contributed by atoms with Crippen LogP contribution in [0.25, 0.3) is 16.8 Å². The minimum atomic E-state index is -4.84. The number of hydrogen-bond acceptors (Lipinski definition) is 3. The van der Waals surface area contributed by atoms with Gasteiger partial charge in [0.15, 0.2) is 0 Å². The first-order valence-electron chi connectivity index (χ1n) is 9.40. The number of carbonyl (C=O) groups is 1. The Morgan fingerprint density at radius 2 is 1.89 bits per heavy atom. The number of amides is 1. The maximum atomic E-state index is 12.9. The molecular weight excluding hydrogens is 373 g/mol. The molecule has 3 heterocycles. The van der Waals surface area contributed by atoms with E-state index in [9.17, 15) is 22.8 Å².